The summed E-state index contributed by atoms with van der Waals surface area (Å²) in [6.07, 6.45) is 0. The third-order valence-corrected chi connectivity index (χ3v) is 5.53. The molecule has 0 aliphatic heterocycles. The molecule has 0 atom stereocenters. The van der Waals surface area contributed by atoms with E-state index in [0.29, 0.717) is 17.9 Å². The van der Waals surface area contributed by atoms with Crippen LogP contribution in [0, 0.1) is 0 Å². The Balaban J connectivity index is 1.65. The van der Waals surface area contributed by atoms with E-state index in [-0.39, 0.29) is 24.4 Å². The number of nitrogens with one attached hydrogen (secondary N) is 1. The quantitative estimate of drug-likeness (QED) is 0.582. The number of ether oxygens (including phenoxy) is 1. The molecule has 152 valence electrons. The minimum atomic E-state index is -3.50. The summed E-state index contributed by atoms with van der Waals surface area (Å²) >= 11 is 0. The van der Waals surface area contributed by atoms with Gasteiger partial charge in [-0.25, -0.2) is 17.8 Å². The number of hydrogen-bond donors (Lipinski definition) is 1. The van der Waals surface area contributed by atoms with Crippen LogP contribution < -0.4 is 15.0 Å². The molecule has 29 heavy (non-hydrogen) atoms. The molecule has 1 aromatic heterocycles. The molecular formula is C21H23N3O4S. The lowest BCUT2D eigenvalue weighted by molar-refractivity contribution is 0.340. The van der Waals surface area contributed by atoms with Gasteiger partial charge in [-0.15, -0.1) is 0 Å². The van der Waals surface area contributed by atoms with Crippen molar-refractivity contribution >= 4 is 10.0 Å². The topological polar surface area (TPSA) is 90.3 Å². The van der Waals surface area contributed by atoms with Crippen molar-refractivity contribution in [2.75, 3.05) is 13.2 Å². The summed E-state index contributed by atoms with van der Waals surface area (Å²) in [5.41, 5.74) is 1.88. The second-order valence-electron chi connectivity index (χ2n) is 6.38. The summed E-state index contributed by atoms with van der Waals surface area (Å²) in [5, 5.41) is 4.35. The molecule has 0 radical (unpaired) electrons. The van der Waals surface area contributed by atoms with Gasteiger partial charge in [-0.3, -0.25) is 4.79 Å². The van der Waals surface area contributed by atoms with Crippen LogP contribution >= 0.6 is 0 Å². The van der Waals surface area contributed by atoms with Crippen LogP contribution in [0.5, 0.6) is 5.75 Å². The predicted octanol–water partition coefficient (Wildman–Crippen LogP) is 2.43. The first-order valence-electron chi connectivity index (χ1n) is 9.29. The van der Waals surface area contributed by atoms with Gasteiger partial charge in [0.15, 0.2) is 0 Å². The molecule has 0 fully saturated rings. The fraction of sp³-hybridized carbons (Fsp3) is 0.238. The summed E-state index contributed by atoms with van der Waals surface area (Å²) in [6.45, 7) is 2.72. The second kappa shape index (κ2) is 9.49. The van der Waals surface area contributed by atoms with E-state index < -0.39 is 10.0 Å². The first kappa shape index (κ1) is 20.8. The molecule has 0 amide bonds. The van der Waals surface area contributed by atoms with Gasteiger partial charge < -0.3 is 4.74 Å². The molecule has 0 saturated heterocycles. The fourth-order valence-corrected chi connectivity index (χ4v) is 3.94. The van der Waals surface area contributed by atoms with Crippen molar-refractivity contribution in [2.45, 2.75) is 19.2 Å². The lowest BCUT2D eigenvalue weighted by atomic mass is 10.1. The monoisotopic (exact) mass is 413 g/mol. The van der Waals surface area contributed by atoms with Crippen molar-refractivity contribution in [3.8, 4) is 17.0 Å². The third kappa shape index (κ3) is 6.00. The van der Waals surface area contributed by atoms with Gasteiger partial charge in [0.2, 0.25) is 10.0 Å². The summed E-state index contributed by atoms with van der Waals surface area (Å²) in [5.74, 6) is 0.653. The Labute approximate surface area is 170 Å². The maximum atomic E-state index is 12.2. The number of rotatable bonds is 9. The maximum Gasteiger partial charge on any atom is 0.266 e. The van der Waals surface area contributed by atoms with Crippen LogP contribution in [0.3, 0.4) is 0 Å². The van der Waals surface area contributed by atoms with Crippen LogP contribution in [-0.2, 0) is 22.3 Å². The fourth-order valence-electron chi connectivity index (χ4n) is 2.80. The third-order valence-electron chi connectivity index (χ3n) is 4.17. The predicted molar refractivity (Wildman–Crippen MR) is 112 cm³/mol. The first-order chi connectivity index (χ1) is 14.0. The van der Waals surface area contributed by atoms with Gasteiger partial charge in [0.05, 0.1) is 24.6 Å². The number of hydrogen-bond acceptors (Lipinski definition) is 5. The van der Waals surface area contributed by atoms with Crippen LogP contribution in [0.1, 0.15) is 12.5 Å². The van der Waals surface area contributed by atoms with E-state index in [0.717, 1.165) is 11.3 Å². The molecule has 2 aromatic carbocycles. The summed E-state index contributed by atoms with van der Waals surface area (Å²) < 4.78 is 33.6. The molecule has 1 heterocycles. The zero-order chi connectivity index (χ0) is 20.7. The zero-order valence-corrected chi connectivity index (χ0v) is 16.9. The Kier molecular flexibility index (Phi) is 6.79. The molecular weight excluding hydrogens is 390 g/mol. The van der Waals surface area contributed by atoms with Crippen LogP contribution in [0.15, 0.2) is 71.5 Å². The van der Waals surface area contributed by atoms with Crippen molar-refractivity contribution in [3.63, 3.8) is 0 Å². The minimum absolute atomic E-state index is 0.0782. The Morgan fingerprint density at radius 2 is 1.72 bits per heavy atom. The van der Waals surface area contributed by atoms with Gasteiger partial charge in [-0.1, -0.05) is 30.3 Å². The Hall–Kier alpha value is -2.97. The van der Waals surface area contributed by atoms with Gasteiger partial charge in [0, 0.05) is 18.2 Å². The van der Waals surface area contributed by atoms with E-state index in [2.05, 4.69) is 9.82 Å². The van der Waals surface area contributed by atoms with E-state index in [4.69, 9.17) is 4.74 Å². The Morgan fingerprint density at radius 1 is 1.00 bits per heavy atom. The highest BCUT2D eigenvalue weighted by Gasteiger charge is 2.11. The molecule has 8 heteroatoms. The summed E-state index contributed by atoms with van der Waals surface area (Å²) in [4.78, 5) is 12.1. The highest BCUT2D eigenvalue weighted by atomic mass is 32.2. The first-order valence-corrected chi connectivity index (χ1v) is 10.9. The van der Waals surface area contributed by atoms with Crippen molar-refractivity contribution < 1.29 is 13.2 Å². The van der Waals surface area contributed by atoms with E-state index in [1.54, 1.807) is 30.3 Å². The minimum Gasteiger partial charge on any atom is -0.494 e. The average molecular weight is 413 g/mol. The van der Waals surface area contributed by atoms with E-state index in [1.807, 2.05) is 37.3 Å². The smallest absolute Gasteiger partial charge is 0.266 e. The van der Waals surface area contributed by atoms with Gasteiger partial charge in [0.1, 0.15) is 5.75 Å². The molecule has 1 N–H and O–H groups in total. The lowest BCUT2D eigenvalue weighted by Gasteiger charge is -2.10. The zero-order valence-electron chi connectivity index (χ0n) is 16.1. The second-order valence-corrected chi connectivity index (χ2v) is 8.18. The molecule has 0 unspecified atom stereocenters. The van der Waals surface area contributed by atoms with Crippen LogP contribution in [0.25, 0.3) is 11.3 Å². The summed E-state index contributed by atoms with van der Waals surface area (Å²) in [7, 11) is -3.50. The standard InChI is InChI=1S/C21H23N3O4S/c1-2-28-19-10-8-18(9-11-19)20-12-13-21(25)24(23-20)15-14-22-29(26,27)16-17-6-4-3-5-7-17/h3-13,22H,2,14-16H2,1H3. The number of nitrogens with zero attached hydrogens (tertiary/aromatic N) is 2. The normalized spacial score (nSPS) is 11.3. The number of sulfonamides is 1. The van der Waals surface area contributed by atoms with E-state index in [1.165, 1.54) is 10.7 Å². The molecule has 0 aliphatic carbocycles. The number of aromatic nitrogens is 2. The average Bonchev–Trinajstić information content (AvgIpc) is 2.71. The van der Waals surface area contributed by atoms with Gasteiger partial charge in [-0.05, 0) is 42.8 Å². The van der Waals surface area contributed by atoms with E-state index >= 15 is 0 Å². The molecule has 0 bridgehead atoms. The van der Waals surface area contributed by atoms with Crippen molar-refractivity contribution in [2.24, 2.45) is 0 Å². The van der Waals surface area contributed by atoms with Crippen LogP contribution in [0.2, 0.25) is 0 Å². The lowest BCUT2D eigenvalue weighted by Crippen LogP contribution is -2.32. The Morgan fingerprint density at radius 3 is 2.41 bits per heavy atom. The molecule has 0 aliphatic rings. The van der Waals surface area contributed by atoms with Gasteiger partial charge in [-0.2, -0.15) is 5.10 Å². The van der Waals surface area contributed by atoms with Crippen molar-refractivity contribution in [1.82, 2.24) is 14.5 Å². The summed E-state index contributed by atoms with van der Waals surface area (Å²) in [6, 6.07) is 19.4. The molecule has 3 aromatic rings. The molecule has 0 saturated carbocycles. The van der Waals surface area contributed by atoms with Gasteiger partial charge >= 0.3 is 0 Å². The molecule has 3 rings (SSSR count). The number of benzene rings is 2. The molecule has 0 spiro atoms. The van der Waals surface area contributed by atoms with Crippen molar-refractivity contribution in [3.05, 3.63) is 82.6 Å². The Bertz CT molecular complexity index is 1090. The highest BCUT2D eigenvalue weighted by Crippen LogP contribution is 2.19. The van der Waals surface area contributed by atoms with E-state index in [9.17, 15) is 13.2 Å². The maximum absolute atomic E-state index is 12.2. The largest absolute Gasteiger partial charge is 0.494 e. The van der Waals surface area contributed by atoms with Crippen LogP contribution in [0.4, 0.5) is 0 Å². The van der Waals surface area contributed by atoms with Crippen LogP contribution in [-0.4, -0.2) is 31.3 Å². The molecule has 7 nitrogen and oxygen atoms in total. The SMILES string of the molecule is CCOc1ccc(-c2ccc(=O)n(CCNS(=O)(=O)Cc3ccccc3)n2)cc1. The van der Waals surface area contributed by atoms with Gasteiger partial charge in [0.25, 0.3) is 5.56 Å². The van der Waals surface area contributed by atoms with Crippen molar-refractivity contribution in [1.29, 1.82) is 0 Å². The highest BCUT2D eigenvalue weighted by molar-refractivity contribution is 7.88.